The summed E-state index contributed by atoms with van der Waals surface area (Å²) >= 11 is 0. The smallest absolute Gasteiger partial charge is 0.302 e. The lowest BCUT2D eigenvalue weighted by Gasteiger charge is -2.04. The quantitative estimate of drug-likeness (QED) is 0.499. The van der Waals surface area contributed by atoms with Crippen LogP contribution in [0.4, 0.5) is 0 Å². The minimum Gasteiger partial charge on any atom is -0.332 e. The third-order valence-electron chi connectivity index (χ3n) is 1.07. The Morgan fingerprint density at radius 1 is 1.17 bits per heavy atom. The van der Waals surface area contributed by atoms with Crippen molar-refractivity contribution >= 4 is 0 Å². The van der Waals surface area contributed by atoms with Gasteiger partial charge in [0.25, 0.3) is 0 Å². The zero-order chi connectivity index (χ0) is 8.81. The van der Waals surface area contributed by atoms with Crippen molar-refractivity contribution in [2.45, 2.75) is 0 Å². The van der Waals surface area contributed by atoms with Gasteiger partial charge in [-0.2, -0.15) is 9.78 Å². The van der Waals surface area contributed by atoms with E-state index >= 15 is 0 Å². The van der Waals surface area contributed by atoms with Crippen LogP contribution in [0.5, 0.6) is 11.6 Å². The molecule has 0 radical (unpaired) electrons. The second kappa shape index (κ2) is 4.53. The number of hydrogen-bond donors (Lipinski definition) is 0. The van der Waals surface area contributed by atoms with E-state index in [1.165, 1.54) is 14.2 Å². The Hall–Kier alpha value is -1.33. The molecule has 1 aromatic heterocycles. The van der Waals surface area contributed by atoms with E-state index in [9.17, 15) is 0 Å². The van der Waals surface area contributed by atoms with Gasteiger partial charge in [0.05, 0.1) is 14.2 Å². The highest BCUT2D eigenvalue weighted by atomic mass is 17.2. The normalized spacial score (nSPS) is 9.50. The molecule has 0 saturated heterocycles. The maximum absolute atomic E-state index is 4.72. The van der Waals surface area contributed by atoms with Crippen LogP contribution in [0.3, 0.4) is 0 Å². The fraction of sp³-hybridized carbons (Fsp3) is 0.286. The van der Waals surface area contributed by atoms with Gasteiger partial charge in [-0.05, 0) is 12.1 Å². The number of nitrogens with zero attached hydrogens (tertiary/aromatic N) is 1. The summed E-state index contributed by atoms with van der Waals surface area (Å²) in [6, 6.07) is 3.34. The Kier molecular flexibility index (Phi) is 3.31. The monoisotopic (exact) mass is 171 g/mol. The number of hydrogen-bond acceptors (Lipinski definition) is 5. The lowest BCUT2D eigenvalue weighted by Crippen LogP contribution is -1.98. The first-order valence-electron chi connectivity index (χ1n) is 3.25. The van der Waals surface area contributed by atoms with Crippen molar-refractivity contribution in [3.63, 3.8) is 0 Å². The molecule has 5 nitrogen and oxygen atoms in total. The molecule has 66 valence electrons. The first-order valence-corrected chi connectivity index (χ1v) is 3.25. The molecular weight excluding hydrogens is 162 g/mol. The van der Waals surface area contributed by atoms with E-state index in [2.05, 4.69) is 19.6 Å². The van der Waals surface area contributed by atoms with Crippen molar-refractivity contribution in [2.75, 3.05) is 14.2 Å². The molecule has 0 atom stereocenters. The van der Waals surface area contributed by atoms with Crippen LogP contribution in [0, 0.1) is 0 Å². The van der Waals surface area contributed by atoms with Gasteiger partial charge >= 0.3 is 5.88 Å². The summed E-state index contributed by atoms with van der Waals surface area (Å²) < 4.78 is 0. The van der Waals surface area contributed by atoms with Gasteiger partial charge < -0.3 is 9.78 Å². The Labute approximate surface area is 69.7 Å². The van der Waals surface area contributed by atoms with Crippen LogP contribution >= 0.6 is 0 Å². The first kappa shape index (κ1) is 8.76. The van der Waals surface area contributed by atoms with Gasteiger partial charge in [-0.3, -0.25) is 0 Å². The molecule has 0 aliphatic heterocycles. The van der Waals surface area contributed by atoms with Crippen LogP contribution in [-0.2, 0) is 9.78 Å². The Morgan fingerprint density at radius 3 is 2.58 bits per heavy atom. The molecule has 0 aliphatic rings. The molecule has 1 rings (SSSR count). The maximum atomic E-state index is 4.72. The van der Waals surface area contributed by atoms with E-state index in [0.29, 0.717) is 5.75 Å². The van der Waals surface area contributed by atoms with Crippen molar-refractivity contribution in [2.24, 2.45) is 0 Å². The lowest BCUT2D eigenvalue weighted by molar-refractivity contribution is -0.204. The largest absolute Gasteiger partial charge is 0.332 e. The number of pyridine rings is 1. The van der Waals surface area contributed by atoms with E-state index in [1.807, 2.05) is 0 Å². The van der Waals surface area contributed by atoms with E-state index in [1.54, 1.807) is 18.3 Å². The predicted molar refractivity (Wildman–Crippen MR) is 39.5 cm³/mol. The zero-order valence-electron chi connectivity index (χ0n) is 6.81. The van der Waals surface area contributed by atoms with Gasteiger partial charge in [0.2, 0.25) is 5.75 Å². The van der Waals surface area contributed by atoms with Gasteiger partial charge in [-0.1, -0.05) is 0 Å². The third kappa shape index (κ3) is 2.08. The maximum Gasteiger partial charge on any atom is 0.302 e. The summed E-state index contributed by atoms with van der Waals surface area (Å²) in [6.07, 6.45) is 1.55. The topological polar surface area (TPSA) is 49.8 Å². The minimum atomic E-state index is 0.224. The zero-order valence-corrected chi connectivity index (χ0v) is 6.81. The standard InChI is InChI=1S/C7H9NO4/c1-9-11-6-4-3-5-8-7(6)12-10-2/h3-5H,1-2H3. The van der Waals surface area contributed by atoms with E-state index in [-0.39, 0.29) is 5.88 Å². The molecule has 0 saturated carbocycles. The van der Waals surface area contributed by atoms with Gasteiger partial charge in [0, 0.05) is 6.20 Å². The summed E-state index contributed by atoms with van der Waals surface area (Å²) in [7, 11) is 2.77. The van der Waals surface area contributed by atoms with Crippen LogP contribution in [0.1, 0.15) is 0 Å². The van der Waals surface area contributed by atoms with Crippen LogP contribution < -0.4 is 9.78 Å². The number of aromatic nitrogens is 1. The van der Waals surface area contributed by atoms with Crippen molar-refractivity contribution in [3.05, 3.63) is 18.3 Å². The highest BCUT2D eigenvalue weighted by Gasteiger charge is 2.06. The predicted octanol–water partition coefficient (Wildman–Crippen LogP) is 0.962. The molecule has 0 N–H and O–H groups in total. The molecule has 0 amide bonds. The molecule has 1 heterocycles. The molecular formula is C7H9NO4. The molecule has 0 aliphatic carbocycles. The second-order valence-electron chi connectivity index (χ2n) is 1.81. The van der Waals surface area contributed by atoms with E-state index in [0.717, 1.165) is 0 Å². The molecule has 12 heavy (non-hydrogen) atoms. The highest BCUT2D eigenvalue weighted by Crippen LogP contribution is 2.22. The highest BCUT2D eigenvalue weighted by molar-refractivity contribution is 5.31. The van der Waals surface area contributed by atoms with Crippen molar-refractivity contribution in [3.8, 4) is 11.6 Å². The summed E-state index contributed by atoms with van der Waals surface area (Å²) in [4.78, 5) is 22.1. The Balaban J connectivity index is 2.77. The fourth-order valence-electron chi connectivity index (χ4n) is 0.671. The average Bonchev–Trinajstić information content (AvgIpc) is 2.09. The average molecular weight is 171 g/mol. The van der Waals surface area contributed by atoms with E-state index < -0.39 is 0 Å². The molecule has 0 aromatic carbocycles. The minimum absolute atomic E-state index is 0.224. The van der Waals surface area contributed by atoms with Gasteiger partial charge in [0.15, 0.2) is 0 Å². The Bertz CT molecular complexity index is 216. The van der Waals surface area contributed by atoms with Crippen molar-refractivity contribution in [1.82, 2.24) is 4.98 Å². The summed E-state index contributed by atoms with van der Waals surface area (Å²) in [5.74, 6) is 0.587. The van der Waals surface area contributed by atoms with Crippen LogP contribution in [0.25, 0.3) is 0 Å². The molecule has 0 bridgehead atoms. The molecule has 0 spiro atoms. The molecule has 0 unspecified atom stereocenters. The molecule has 5 heteroatoms. The van der Waals surface area contributed by atoms with E-state index in [4.69, 9.17) is 4.89 Å². The first-order chi connectivity index (χ1) is 5.88. The summed E-state index contributed by atoms with van der Waals surface area (Å²) in [5, 5.41) is 0. The second-order valence-corrected chi connectivity index (χ2v) is 1.81. The summed E-state index contributed by atoms with van der Waals surface area (Å²) in [6.45, 7) is 0. The van der Waals surface area contributed by atoms with Gasteiger partial charge in [-0.15, -0.1) is 0 Å². The van der Waals surface area contributed by atoms with Crippen molar-refractivity contribution < 1.29 is 19.6 Å². The Morgan fingerprint density at radius 2 is 1.92 bits per heavy atom. The molecule has 1 aromatic rings. The van der Waals surface area contributed by atoms with Gasteiger partial charge in [0.1, 0.15) is 0 Å². The van der Waals surface area contributed by atoms with Crippen LogP contribution in [-0.4, -0.2) is 19.2 Å². The SMILES string of the molecule is COOc1cccnc1OOC. The lowest BCUT2D eigenvalue weighted by atomic mass is 10.4. The molecule has 0 fully saturated rings. The van der Waals surface area contributed by atoms with Crippen LogP contribution in [0.2, 0.25) is 0 Å². The summed E-state index contributed by atoms with van der Waals surface area (Å²) in [5.41, 5.74) is 0. The van der Waals surface area contributed by atoms with Crippen molar-refractivity contribution in [1.29, 1.82) is 0 Å². The number of rotatable bonds is 4. The third-order valence-corrected chi connectivity index (χ3v) is 1.07. The fourth-order valence-corrected chi connectivity index (χ4v) is 0.671. The van der Waals surface area contributed by atoms with Crippen LogP contribution in [0.15, 0.2) is 18.3 Å². The van der Waals surface area contributed by atoms with Gasteiger partial charge in [-0.25, -0.2) is 4.98 Å².